The molecule has 0 spiro atoms. The van der Waals surface area contributed by atoms with Crippen LogP contribution < -0.4 is 5.32 Å². The van der Waals surface area contributed by atoms with Gasteiger partial charge in [0.2, 0.25) is 0 Å². The van der Waals surface area contributed by atoms with Crippen molar-refractivity contribution in [1.29, 1.82) is 0 Å². The van der Waals surface area contributed by atoms with Gasteiger partial charge in [-0.3, -0.25) is 4.98 Å². The quantitative estimate of drug-likeness (QED) is 0.822. The van der Waals surface area contributed by atoms with E-state index in [1.807, 2.05) is 6.07 Å². The Hall–Kier alpha value is 0.0300. The van der Waals surface area contributed by atoms with Crippen LogP contribution in [0.25, 0.3) is 0 Å². The van der Waals surface area contributed by atoms with E-state index in [-0.39, 0.29) is 18.1 Å². The molecular formula is C13H20Br2N2O. The molecule has 102 valence electrons. The van der Waals surface area contributed by atoms with Crippen LogP contribution in [0.2, 0.25) is 0 Å². The van der Waals surface area contributed by atoms with Gasteiger partial charge >= 0.3 is 0 Å². The Kier molecular flexibility index (Phi) is 6.24. The molecule has 0 aliphatic heterocycles. The molecule has 1 unspecified atom stereocenters. The zero-order valence-electron chi connectivity index (χ0n) is 11.0. The summed E-state index contributed by atoms with van der Waals surface area (Å²) in [5.41, 5.74) is 1.09. The van der Waals surface area contributed by atoms with E-state index in [1.54, 1.807) is 6.20 Å². The lowest BCUT2D eigenvalue weighted by Crippen LogP contribution is -2.40. The summed E-state index contributed by atoms with van der Waals surface area (Å²) in [6.45, 7) is 7.40. The second kappa shape index (κ2) is 6.98. The van der Waals surface area contributed by atoms with E-state index in [4.69, 9.17) is 5.11 Å². The highest BCUT2D eigenvalue weighted by atomic mass is 79.9. The lowest BCUT2D eigenvalue weighted by atomic mass is 9.85. The first-order chi connectivity index (χ1) is 8.34. The minimum absolute atomic E-state index is 0.116. The van der Waals surface area contributed by atoms with Gasteiger partial charge in [0.1, 0.15) is 0 Å². The predicted octanol–water partition coefficient (Wildman–Crippen LogP) is 3.49. The molecule has 18 heavy (non-hydrogen) atoms. The van der Waals surface area contributed by atoms with Crippen molar-refractivity contribution in [2.24, 2.45) is 5.41 Å². The number of rotatable bonds is 5. The zero-order valence-corrected chi connectivity index (χ0v) is 14.2. The van der Waals surface area contributed by atoms with Crippen molar-refractivity contribution in [3.8, 4) is 0 Å². The second-order valence-electron chi connectivity index (χ2n) is 5.39. The van der Waals surface area contributed by atoms with Gasteiger partial charge < -0.3 is 10.4 Å². The van der Waals surface area contributed by atoms with Gasteiger partial charge in [-0.1, -0.05) is 20.8 Å². The molecule has 0 radical (unpaired) electrons. The molecule has 1 aromatic heterocycles. The average Bonchev–Trinajstić information content (AvgIpc) is 2.24. The number of aromatic nitrogens is 1. The van der Waals surface area contributed by atoms with Crippen LogP contribution in [0.3, 0.4) is 0 Å². The summed E-state index contributed by atoms with van der Waals surface area (Å²) >= 11 is 6.89. The molecule has 0 amide bonds. The van der Waals surface area contributed by atoms with Crippen LogP contribution in [0.4, 0.5) is 0 Å². The first-order valence-electron chi connectivity index (χ1n) is 5.98. The molecule has 0 bridgehead atoms. The highest BCUT2D eigenvalue weighted by Gasteiger charge is 2.23. The molecule has 0 aliphatic rings. The molecule has 0 fully saturated rings. The van der Waals surface area contributed by atoms with E-state index < -0.39 is 0 Å². The topological polar surface area (TPSA) is 45.1 Å². The number of nitrogens with one attached hydrogen (secondary N) is 1. The normalized spacial score (nSPS) is 13.7. The Morgan fingerprint density at radius 2 is 2.06 bits per heavy atom. The molecule has 3 nitrogen and oxygen atoms in total. The van der Waals surface area contributed by atoms with Crippen molar-refractivity contribution in [2.75, 3.05) is 6.61 Å². The monoisotopic (exact) mass is 378 g/mol. The van der Waals surface area contributed by atoms with E-state index in [1.165, 1.54) is 0 Å². The van der Waals surface area contributed by atoms with Gasteiger partial charge in [-0.05, 0) is 49.8 Å². The van der Waals surface area contributed by atoms with Crippen molar-refractivity contribution in [2.45, 2.75) is 39.8 Å². The molecule has 0 aromatic carbocycles. The van der Waals surface area contributed by atoms with Crippen molar-refractivity contribution in [1.82, 2.24) is 10.3 Å². The second-order valence-corrected chi connectivity index (χ2v) is 7.16. The van der Waals surface area contributed by atoms with Gasteiger partial charge in [0.05, 0.1) is 5.69 Å². The van der Waals surface area contributed by atoms with Crippen molar-refractivity contribution < 1.29 is 5.11 Å². The molecule has 2 N–H and O–H groups in total. The molecule has 5 heteroatoms. The van der Waals surface area contributed by atoms with Crippen molar-refractivity contribution >= 4 is 31.9 Å². The summed E-state index contributed by atoms with van der Waals surface area (Å²) < 4.78 is 1.95. The number of nitrogens with zero attached hydrogens (tertiary/aromatic N) is 1. The Balaban J connectivity index is 2.67. The summed E-state index contributed by atoms with van der Waals surface area (Å²) in [6.07, 6.45) is 2.54. The first kappa shape index (κ1) is 16.1. The third-order valence-corrected chi connectivity index (χ3v) is 3.98. The van der Waals surface area contributed by atoms with Gasteiger partial charge in [0.25, 0.3) is 0 Å². The highest BCUT2D eigenvalue weighted by Crippen LogP contribution is 2.23. The minimum atomic E-state index is 0.116. The smallest absolute Gasteiger partial charge is 0.0684 e. The number of halogens is 2. The van der Waals surface area contributed by atoms with E-state index in [2.05, 4.69) is 62.9 Å². The summed E-state index contributed by atoms with van der Waals surface area (Å²) in [5.74, 6) is 0. The van der Waals surface area contributed by atoms with Crippen LogP contribution >= 0.6 is 31.9 Å². The fraction of sp³-hybridized carbons (Fsp3) is 0.615. The number of pyridine rings is 1. The van der Waals surface area contributed by atoms with Gasteiger partial charge in [0, 0.05) is 34.3 Å². The maximum Gasteiger partial charge on any atom is 0.0684 e. The Bertz CT molecular complexity index is 391. The van der Waals surface area contributed by atoms with Crippen LogP contribution in [-0.2, 0) is 6.54 Å². The third-order valence-electron chi connectivity index (χ3n) is 2.86. The molecule has 0 aliphatic carbocycles. The highest BCUT2D eigenvalue weighted by molar-refractivity contribution is 9.11. The summed E-state index contributed by atoms with van der Waals surface area (Å²) in [4.78, 5) is 4.37. The van der Waals surface area contributed by atoms with Crippen LogP contribution in [0, 0.1) is 5.41 Å². The minimum Gasteiger partial charge on any atom is -0.396 e. The molecule has 0 saturated heterocycles. The lowest BCUT2D eigenvalue weighted by Gasteiger charge is -2.31. The third kappa shape index (κ3) is 4.96. The summed E-state index contributed by atoms with van der Waals surface area (Å²) in [7, 11) is 0. The van der Waals surface area contributed by atoms with Crippen LogP contribution in [0.5, 0.6) is 0 Å². The number of hydrogen-bond donors (Lipinski definition) is 2. The Morgan fingerprint density at radius 1 is 1.39 bits per heavy atom. The van der Waals surface area contributed by atoms with E-state index in [0.29, 0.717) is 6.54 Å². The zero-order chi connectivity index (χ0) is 13.8. The van der Waals surface area contributed by atoms with Crippen LogP contribution in [0.15, 0.2) is 21.2 Å². The van der Waals surface area contributed by atoms with Gasteiger partial charge in [0.15, 0.2) is 0 Å². The molecule has 1 atom stereocenters. The van der Waals surface area contributed by atoms with E-state index in [0.717, 1.165) is 21.1 Å². The average molecular weight is 380 g/mol. The standard InChI is InChI=1S/C13H20Br2N2O/c1-13(2,3)12(4-5-18)17-8-11-10(15)6-9(14)7-16-11/h6-7,12,17-18H,4-5,8H2,1-3H3. The van der Waals surface area contributed by atoms with Gasteiger partial charge in [-0.15, -0.1) is 0 Å². The van der Waals surface area contributed by atoms with E-state index in [9.17, 15) is 0 Å². The number of aliphatic hydroxyl groups excluding tert-OH is 1. The Morgan fingerprint density at radius 3 is 2.56 bits per heavy atom. The molecule has 1 rings (SSSR count). The fourth-order valence-corrected chi connectivity index (χ4v) is 2.89. The van der Waals surface area contributed by atoms with E-state index >= 15 is 0 Å². The van der Waals surface area contributed by atoms with Crippen LogP contribution in [0.1, 0.15) is 32.9 Å². The molecule has 1 heterocycles. The van der Waals surface area contributed by atoms with Gasteiger partial charge in [-0.25, -0.2) is 0 Å². The summed E-state index contributed by atoms with van der Waals surface area (Å²) in [5, 5.41) is 12.6. The lowest BCUT2D eigenvalue weighted by molar-refractivity contribution is 0.196. The fourth-order valence-electron chi connectivity index (χ4n) is 1.76. The Labute approximate surface area is 126 Å². The SMILES string of the molecule is CC(C)(C)C(CCO)NCc1ncc(Br)cc1Br. The maximum atomic E-state index is 9.12. The largest absolute Gasteiger partial charge is 0.396 e. The summed E-state index contributed by atoms with van der Waals surface area (Å²) in [6, 6.07) is 2.25. The molecular weight excluding hydrogens is 360 g/mol. The molecule has 0 saturated carbocycles. The number of aliphatic hydroxyl groups is 1. The maximum absolute atomic E-state index is 9.12. The van der Waals surface area contributed by atoms with Crippen LogP contribution in [-0.4, -0.2) is 22.7 Å². The van der Waals surface area contributed by atoms with Gasteiger partial charge in [-0.2, -0.15) is 0 Å². The predicted molar refractivity (Wildman–Crippen MR) is 81.4 cm³/mol. The first-order valence-corrected chi connectivity index (χ1v) is 7.57. The van der Waals surface area contributed by atoms with Crippen molar-refractivity contribution in [3.63, 3.8) is 0 Å². The number of hydrogen-bond acceptors (Lipinski definition) is 3. The van der Waals surface area contributed by atoms with Crippen molar-refractivity contribution in [3.05, 3.63) is 26.9 Å². The molecule has 1 aromatic rings.